The fraction of sp³-hybridized carbons (Fsp3) is 0.867. The van der Waals surface area contributed by atoms with Crippen LogP contribution in [0.25, 0.3) is 0 Å². The van der Waals surface area contributed by atoms with Gasteiger partial charge in [0.15, 0.2) is 0 Å². The molecule has 0 aliphatic carbocycles. The molecule has 3 saturated heterocycles. The van der Waals surface area contributed by atoms with E-state index < -0.39 is 23.0 Å². The van der Waals surface area contributed by atoms with Gasteiger partial charge in [-0.25, -0.2) is 0 Å². The van der Waals surface area contributed by atoms with Gasteiger partial charge in [-0.15, -0.1) is 0 Å². The van der Waals surface area contributed by atoms with Crippen LogP contribution in [0.4, 0.5) is 0 Å². The summed E-state index contributed by atoms with van der Waals surface area (Å²) in [5, 5.41) is 1.11. The van der Waals surface area contributed by atoms with Crippen molar-refractivity contribution in [2.75, 3.05) is 78.9 Å². The molecular weight excluding hydrogens is 472 g/mol. The van der Waals surface area contributed by atoms with Crippen molar-refractivity contribution in [2.24, 2.45) is 9.98 Å². The molecule has 4 heterocycles. The van der Waals surface area contributed by atoms with Gasteiger partial charge in [0.1, 0.15) is 0 Å². The molecule has 4 aliphatic rings. The molecule has 0 aromatic rings. The van der Waals surface area contributed by atoms with Gasteiger partial charge in [0.2, 0.25) is 0 Å². The van der Waals surface area contributed by atoms with Gasteiger partial charge in [-0.05, 0) is 0 Å². The molecule has 0 aromatic heterocycles. The van der Waals surface area contributed by atoms with Crippen molar-refractivity contribution in [3.05, 3.63) is 0 Å². The van der Waals surface area contributed by atoms with Gasteiger partial charge in [-0.2, -0.15) is 0 Å². The molecule has 14 heteroatoms. The number of hydrogen-bond donors (Lipinski definition) is 1. The third-order valence-corrected chi connectivity index (χ3v) is 5.83. The van der Waals surface area contributed by atoms with Crippen molar-refractivity contribution in [1.29, 1.82) is 0 Å². The first kappa shape index (κ1) is 21.0. The van der Waals surface area contributed by atoms with Crippen LogP contribution in [0, 0.1) is 0 Å². The maximum atomic E-state index is 11.7. The summed E-state index contributed by atoms with van der Waals surface area (Å²) in [5.74, 6) is 0.803. The third-order valence-electron chi connectivity index (χ3n) is 4.97. The minimum absolute atomic E-state index is 0.303. The zero-order valence-corrected chi connectivity index (χ0v) is 18.1. The van der Waals surface area contributed by atoms with Gasteiger partial charge in [-0.3, -0.25) is 0 Å². The molecule has 29 heavy (non-hydrogen) atoms. The number of rotatable bonds is 3. The van der Waals surface area contributed by atoms with Gasteiger partial charge in [0, 0.05) is 0 Å². The Balaban J connectivity index is 1.69. The number of morpholine rings is 3. The van der Waals surface area contributed by atoms with E-state index >= 15 is 0 Å². The van der Waals surface area contributed by atoms with E-state index in [9.17, 15) is 10.6 Å². The number of ether oxygens (including phenoxy) is 3. The molecule has 3 fully saturated rings. The summed E-state index contributed by atoms with van der Waals surface area (Å²) in [6.07, 6.45) is -0.784. The van der Waals surface area contributed by atoms with Crippen LogP contribution < -0.4 is 0 Å². The SMILES string of the molecule is [O]=[Mo](=[O])([OH])[O]N1C(N2CCOCC2)=NC(N2CCOCC2)=NC1N1CCOCC1. The van der Waals surface area contributed by atoms with Crippen LogP contribution >= 0.6 is 0 Å². The van der Waals surface area contributed by atoms with Gasteiger partial charge < -0.3 is 0 Å². The van der Waals surface area contributed by atoms with E-state index in [4.69, 9.17) is 22.7 Å². The molecule has 1 atom stereocenters. The van der Waals surface area contributed by atoms with E-state index in [1.165, 1.54) is 0 Å². The minimum atomic E-state index is -5.95. The fourth-order valence-corrected chi connectivity index (χ4v) is 4.38. The van der Waals surface area contributed by atoms with Crippen molar-refractivity contribution in [1.82, 2.24) is 19.8 Å². The average Bonchev–Trinajstić information content (AvgIpc) is 2.74. The maximum absolute atomic E-state index is 11.7. The number of hydrogen-bond acceptors (Lipinski definition) is 12. The number of nitrogens with zero attached hydrogens (tertiary/aromatic N) is 6. The average molecular weight is 498 g/mol. The third kappa shape index (κ3) is 5.29. The summed E-state index contributed by atoms with van der Waals surface area (Å²) in [6, 6.07) is 0. The Morgan fingerprint density at radius 2 is 1.38 bits per heavy atom. The standard InChI is InChI=1S/C15H25N6O4.Mo.H2O.2O/c22-21-14(19-3-9-24-10-4-19)16-13(18-1-7-23-8-2-18)17-15(21)20-5-11-25-12-6-20;;;;/h14H,1-12H2;;1H2;;/q-1;+2;;;/p-1. The summed E-state index contributed by atoms with van der Waals surface area (Å²) in [7, 11) is 0. The molecule has 0 amide bonds. The summed E-state index contributed by atoms with van der Waals surface area (Å²) in [5.41, 5.74) is 0. The van der Waals surface area contributed by atoms with Crippen molar-refractivity contribution >= 4 is 11.9 Å². The van der Waals surface area contributed by atoms with Crippen LogP contribution in [0.2, 0.25) is 0 Å². The Morgan fingerprint density at radius 1 is 0.862 bits per heavy atom. The molecule has 0 spiro atoms. The van der Waals surface area contributed by atoms with Crippen LogP contribution in [-0.4, -0.2) is 121 Å². The monoisotopic (exact) mass is 500 g/mol. The second kappa shape index (κ2) is 9.29. The molecule has 0 bridgehead atoms. The Hall–Kier alpha value is -1.21. The quantitative estimate of drug-likeness (QED) is 0.430. The number of guanidine groups is 2. The number of hydroxylamine groups is 2. The van der Waals surface area contributed by atoms with Crippen LogP contribution in [0.3, 0.4) is 0 Å². The topological polar surface area (TPSA) is 129 Å². The molecule has 4 aliphatic heterocycles. The zero-order chi connectivity index (χ0) is 20.3. The predicted molar refractivity (Wildman–Crippen MR) is 92.3 cm³/mol. The normalized spacial score (nSPS) is 27.6. The Bertz CT molecular complexity index is 729. The first-order valence-corrected chi connectivity index (χ1v) is 13.0. The van der Waals surface area contributed by atoms with E-state index in [1.807, 2.05) is 14.7 Å². The molecule has 164 valence electrons. The first-order chi connectivity index (χ1) is 14.0. The summed E-state index contributed by atoms with van der Waals surface area (Å²) in [4.78, 5) is 15.2. The van der Waals surface area contributed by atoms with E-state index in [0.717, 1.165) is 5.06 Å². The van der Waals surface area contributed by atoms with Crippen LogP contribution in [0.5, 0.6) is 0 Å². The van der Waals surface area contributed by atoms with E-state index in [2.05, 4.69) is 4.99 Å². The van der Waals surface area contributed by atoms with Crippen molar-refractivity contribution in [3.8, 4) is 0 Å². The molecule has 0 radical (unpaired) electrons. The molecular formula is C15H26MoN6O7. The summed E-state index contributed by atoms with van der Waals surface area (Å²) >= 11 is -5.95. The molecule has 4 rings (SSSR count). The Kier molecular flexibility index (Phi) is 6.74. The number of aliphatic imine (C=N–C) groups is 2. The second-order valence-electron chi connectivity index (χ2n) is 6.86. The predicted octanol–water partition coefficient (Wildman–Crippen LogP) is -2.11. The van der Waals surface area contributed by atoms with Gasteiger partial charge in [0.05, 0.1) is 0 Å². The van der Waals surface area contributed by atoms with E-state index in [1.54, 1.807) is 0 Å². The molecule has 13 nitrogen and oxygen atoms in total. The second-order valence-corrected chi connectivity index (χ2v) is 9.33. The van der Waals surface area contributed by atoms with E-state index in [-0.39, 0.29) is 0 Å². The molecule has 1 unspecified atom stereocenters. The van der Waals surface area contributed by atoms with Crippen molar-refractivity contribution in [3.63, 3.8) is 0 Å². The van der Waals surface area contributed by atoms with Crippen molar-refractivity contribution < 1.29 is 45.0 Å². The van der Waals surface area contributed by atoms with Gasteiger partial charge in [-0.1, -0.05) is 0 Å². The summed E-state index contributed by atoms with van der Waals surface area (Å²) < 4.78 is 54.3. The fourth-order valence-electron chi connectivity index (χ4n) is 3.53. The van der Waals surface area contributed by atoms with E-state index in [0.29, 0.717) is 90.8 Å². The summed E-state index contributed by atoms with van der Waals surface area (Å²) in [6.45, 7) is 6.52. The van der Waals surface area contributed by atoms with Gasteiger partial charge in [0.25, 0.3) is 0 Å². The Labute approximate surface area is 172 Å². The molecule has 0 aromatic carbocycles. The Morgan fingerprint density at radius 3 is 1.93 bits per heavy atom. The molecule has 1 N–H and O–H groups in total. The van der Waals surface area contributed by atoms with Crippen LogP contribution in [0.15, 0.2) is 9.98 Å². The molecule has 0 saturated carbocycles. The van der Waals surface area contributed by atoms with Gasteiger partial charge >= 0.3 is 172 Å². The van der Waals surface area contributed by atoms with Crippen LogP contribution in [0.1, 0.15) is 0 Å². The zero-order valence-electron chi connectivity index (χ0n) is 16.1. The van der Waals surface area contributed by atoms with Crippen molar-refractivity contribution in [2.45, 2.75) is 6.29 Å². The first-order valence-electron chi connectivity index (χ1n) is 9.61. The van der Waals surface area contributed by atoms with Crippen LogP contribution in [-0.2, 0) is 41.2 Å².